The third kappa shape index (κ3) is 4.49. The van der Waals surface area contributed by atoms with E-state index in [1.165, 1.54) is 6.26 Å². The van der Waals surface area contributed by atoms with E-state index in [0.29, 0.717) is 23.8 Å². The predicted molar refractivity (Wildman–Crippen MR) is 72.8 cm³/mol. The van der Waals surface area contributed by atoms with E-state index in [2.05, 4.69) is 5.32 Å². The number of hydrogen-bond acceptors (Lipinski definition) is 3. The van der Waals surface area contributed by atoms with Crippen LogP contribution in [0.25, 0.3) is 0 Å². The van der Waals surface area contributed by atoms with Crippen molar-refractivity contribution in [3.8, 4) is 0 Å². The first-order valence-electron chi connectivity index (χ1n) is 5.89. The molecule has 1 rings (SSSR count). The van der Waals surface area contributed by atoms with Gasteiger partial charge in [-0.3, -0.25) is 4.79 Å². The summed E-state index contributed by atoms with van der Waals surface area (Å²) in [7, 11) is -2.76. The van der Waals surface area contributed by atoms with Crippen LogP contribution in [0.2, 0.25) is 0 Å². The number of amides is 1. The Balaban J connectivity index is 2.77. The smallest absolute Gasteiger partial charge is 0.220 e. The molecule has 1 aromatic carbocycles. The maximum Gasteiger partial charge on any atom is 0.220 e. The fourth-order valence-corrected chi connectivity index (χ4v) is 2.65. The lowest BCUT2D eigenvalue weighted by molar-refractivity contribution is -0.121. The van der Waals surface area contributed by atoms with E-state index in [1.54, 1.807) is 18.2 Å². The minimum atomic E-state index is -2.76. The largest absolute Gasteiger partial charge is 0.352 e. The molecule has 0 spiro atoms. The van der Waals surface area contributed by atoms with Crippen molar-refractivity contribution in [3.05, 3.63) is 29.8 Å². The second-order valence-corrected chi connectivity index (χ2v) is 6.95. The molecule has 4 nitrogen and oxygen atoms in total. The monoisotopic (exact) mass is 268 g/mol. The van der Waals surface area contributed by atoms with E-state index in [-0.39, 0.29) is 5.91 Å². The lowest BCUT2D eigenvalue weighted by atomic mass is 10.1. The lowest BCUT2D eigenvalue weighted by Gasteiger charge is -2.11. The van der Waals surface area contributed by atoms with Crippen molar-refractivity contribution in [3.63, 3.8) is 0 Å². The molecule has 1 atom stereocenters. The zero-order chi connectivity index (χ0) is 13.8. The van der Waals surface area contributed by atoms with Gasteiger partial charge in [-0.25, -0.2) is 8.99 Å². The maximum atomic E-state index is 11.8. The number of benzene rings is 1. The molecule has 100 valence electrons. The first kappa shape index (κ1) is 14.7. The Hall–Kier alpha value is -1.36. The average Bonchev–Trinajstić information content (AvgIpc) is 2.24. The van der Waals surface area contributed by atoms with Gasteiger partial charge in [0, 0.05) is 19.2 Å². The molecule has 0 aromatic heterocycles. The van der Waals surface area contributed by atoms with Crippen LogP contribution >= 0.6 is 0 Å². The van der Waals surface area contributed by atoms with Gasteiger partial charge in [0.15, 0.2) is 0 Å². The molecule has 18 heavy (non-hydrogen) atoms. The van der Waals surface area contributed by atoms with Crippen molar-refractivity contribution in [2.24, 2.45) is 5.92 Å². The van der Waals surface area contributed by atoms with Crippen LogP contribution in [-0.2, 0) is 21.1 Å². The molecular formula is C13H20N2O2S. The van der Waals surface area contributed by atoms with Gasteiger partial charge in [0.05, 0.1) is 14.6 Å². The summed E-state index contributed by atoms with van der Waals surface area (Å²) in [6.45, 7) is 4.29. The van der Waals surface area contributed by atoms with Crippen LogP contribution in [0.3, 0.4) is 0 Å². The quantitative estimate of drug-likeness (QED) is 0.860. The van der Waals surface area contributed by atoms with Crippen molar-refractivity contribution in [2.45, 2.75) is 31.7 Å². The highest BCUT2D eigenvalue weighted by Gasteiger charge is 2.10. The maximum absolute atomic E-state index is 11.8. The molecule has 2 N–H and O–H groups in total. The molecule has 0 aliphatic rings. The van der Waals surface area contributed by atoms with Crippen LogP contribution in [0.4, 0.5) is 0 Å². The van der Waals surface area contributed by atoms with Crippen LogP contribution < -0.4 is 5.32 Å². The predicted octanol–water partition coefficient (Wildman–Crippen LogP) is 2.38. The minimum Gasteiger partial charge on any atom is -0.352 e. The van der Waals surface area contributed by atoms with E-state index in [9.17, 15) is 9.00 Å². The number of hydrogen-bond donors (Lipinski definition) is 2. The van der Waals surface area contributed by atoms with Crippen LogP contribution in [0.15, 0.2) is 29.2 Å². The number of carbonyl (C=O) groups excluding carboxylic acids is 1. The standard InChI is InChI=1S/C13H20N2O2S/c1-10(2)8-13(16)15-9-11-6-4-5-7-12(11)18(3,14)17/h4-7,10,14H,8-9H2,1-3H3,(H,15,16). The van der Waals surface area contributed by atoms with E-state index >= 15 is 0 Å². The third-order valence-electron chi connectivity index (χ3n) is 2.46. The number of nitrogens with one attached hydrogen (secondary N) is 2. The van der Waals surface area contributed by atoms with Gasteiger partial charge < -0.3 is 5.32 Å². The highest BCUT2D eigenvalue weighted by molar-refractivity contribution is 7.91. The normalized spacial score (nSPS) is 14.2. The van der Waals surface area contributed by atoms with E-state index < -0.39 is 9.73 Å². The zero-order valence-corrected chi connectivity index (χ0v) is 11.8. The van der Waals surface area contributed by atoms with Gasteiger partial charge >= 0.3 is 0 Å². The SMILES string of the molecule is CC(C)CC(=O)NCc1ccccc1S(C)(=N)=O. The first-order valence-corrected chi connectivity index (χ1v) is 7.85. The van der Waals surface area contributed by atoms with Crippen LogP contribution in [0.1, 0.15) is 25.8 Å². The summed E-state index contributed by atoms with van der Waals surface area (Å²) in [5.74, 6) is 0.291. The lowest BCUT2D eigenvalue weighted by Crippen LogP contribution is -2.24. The summed E-state index contributed by atoms with van der Waals surface area (Å²) in [6.07, 6.45) is 1.87. The molecule has 1 amide bonds. The Labute approximate surface area is 109 Å². The van der Waals surface area contributed by atoms with E-state index in [1.807, 2.05) is 19.9 Å². The summed E-state index contributed by atoms with van der Waals surface area (Å²) in [5.41, 5.74) is 0.747. The fraction of sp³-hybridized carbons (Fsp3) is 0.462. The van der Waals surface area contributed by atoms with Gasteiger partial charge in [-0.1, -0.05) is 32.0 Å². The van der Waals surface area contributed by atoms with Crippen molar-refractivity contribution >= 4 is 15.6 Å². The van der Waals surface area contributed by atoms with Gasteiger partial charge in [0.1, 0.15) is 0 Å². The van der Waals surface area contributed by atoms with Gasteiger partial charge in [0.2, 0.25) is 5.91 Å². The summed E-state index contributed by atoms with van der Waals surface area (Å²) in [4.78, 5) is 12.1. The fourth-order valence-electron chi connectivity index (χ4n) is 1.67. The molecule has 1 aromatic rings. The molecule has 0 bridgehead atoms. The molecule has 1 unspecified atom stereocenters. The summed E-state index contributed by atoms with van der Waals surface area (Å²) in [6, 6.07) is 7.05. The molecular weight excluding hydrogens is 248 g/mol. The highest BCUT2D eigenvalue weighted by Crippen LogP contribution is 2.15. The zero-order valence-electron chi connectivity index (χ0n) is 11.0. The number of rotatable bonds is 5. The topological polar surface area (TPSA) is 70.0 Å². The van der Waals surface area contributed by atoms with Gasteiger partial charge in [0.25, 0.3) is 0 Å². The third-order valence-corrected chi connectivity index (χ3v) is 3.70. The second kappa shape index (κ2) is 6.00. The van der Waals surface area contributed by atoms with Crippen molar-refractivity contribution in [1.29, 1.82) is 4.78 Å². The molecule has 0 aliphatic heterocycles. The molecule has 0 saturated carbocycles. The van der Waals surface area contributed by atoms with Gasteiger partial charge in [-0.05, 0) is 17.5 Å². The molecule has 0 heterocycles. The first-order chi connectivity index (χ1) is 8.30. The molecule has 0 radical (unpaired) electrons. The van der Waals surface area contributed by atoms with E-state index in [0.717, 1.165) is 5.56 Å². The van der Waals surface area contributed by atoms with Crippen LogP contribution in [0.5, 0.6) is 0 Å². The molecule has 0 saturated heterocycles. The molecule has 0 fully saturated rings. The Morgan fingerprint density at radius 1 is 1.39 bits per heavy atom. The van der Waals surface area contributed by atoms with E-state index in [4.69, 9.17) is 4.78 Å². The van der Waals surface area contributed by atoms with Crippen molar-refractivity contribution in [1.82, 2.24) is 5.32 Å². The summed E-state index contributed by atoms with van der Waals surface area (Å²) in [5, 5.41) is 2.79. The van der Waals surface area contributed by atoms with Crippen molar-refractivity contribution < 1.29 is 9.00 Å². The number of carbonyl (C=O) groups is 1. The Kier molecular flexibility index (Phi) is 4.90. The minimum absolute atomic E-state index is 0.0209. The Bertz CT molecular complexity index is 522. The Morgan fingerprint density at radius 2 is 2.00 bits per heavy atom. The summed E-state index contributed by atoms with van der Waals surface area (Å²) >= 11 is 0. The van der Waals surface area contributed by atoms with Gasteiger partial charge in [-0.2, -0.15) is 0 Å². The molecule has 0 aliphatic carbocycles. The van der Waals surface area contributed by atoms with Crippen LogP contribution in [-0.4, -0.2) is 16.4 Å². The summed E-state index contributed by atoms with van der Waals surface area (Å²) < 4.78 is 19.4. The Morgan fingerprint density at radius 3 is 2.56 bits per heavy atom. The van der Waals surface area contributed by atoms with Crippen molar-refractivity contribution in [2.75, 3.05) is 6.26 Å². The second-order valence-electron chi connectivity index (χ2n) is 4.83. The average molecular weight is 268 g/mol. The molecule has 5 heteroatoms. The highest BCUT2D eigenvalue weighted by atomic mass is 32.2. The van der Waals surface area contributed by atoms with Gasteiger partial charge in [-0.15, -0.1) is 0 Å². The van der Waals surface area contributed by atoms with Crippen LogP contribution in [0, 0.1) is 10.7 Å².